The van der Waals surface area contributed by atoms with Crippen LogP contribution in [0.25, 0.3) is 0 Å². The maximum absolute atomic E-state index is 12.7. The predicted octanol–water partition coefficient (Wildman–Crippen LogP) is 3.92. The molecule has 0 bridgehead atoms. The van der Waals surface area contributed by atoms with Crippen LogP contribution in [0.5, 0.6) is 11.5 Å². The third kappa shape index (κ3) is 7.09. The molecule has 0 radical (unpaired) electrons. The molecule has 0 spiro atoms. The molecule has 25 heavy (non-hydrogen) atoms. The minimum absolute atomic E-state index is 0. The Morgan fingerprint density at radius 3 is 2.44 bits per heavy atom. The highest BCUT2D eigenvalue weighted by Gasteiger charge is 2.32. The molecule has 0 aliphatic carbocycles. The molecule has 1 saturated heterocycles. The van der Waals surface area contributed by atoms with Crippen LogP contribution in [0.4, 0.5) is 13.2 Å². The van der Waals surface area contributed by atoms with Gasteiger partial charge in [0.1, 0.15) is 0 Å². The highest BCUT2D eigenvalue weighted by molar-refractivity contribution is 5.85. The molecule has 1 aliphatic heterocycles. The molecule has 1 aliphatic rings. The zero-order valence-electron chi connectivity index (χ0n) is 14.0. The molecule has 2 N–H and O–H groups in total. The van der Waals surface area contributed by atoms with E-state index in [1.54, 1.807) is 25.1 Å². The highest BCUT2D eigenvalue weighted by Crippen LogP contribution is 2.39. The van der Waals surface area contributed by atoms with Crippen LogP contribution in [0, 0.1) is 0 Å². The molecule has 146 valence electrons. The van der Waals surface area contributed by atoms with Gasteiger partial charge in [0.15, 0.2) is 11.5 Å². The van der Waals surface area contributed by atoms with Crippen LogP contribution in [0.15, 0.2) is 18.2 Å². The largest absolute Gasteiger partial charge is 0.504 e. The highest BCUT2D eigenvalue weighted by atomic mass is 35.5. The van der Waals surface area contributed by atoms with E-state index in [1.165, 1.54) is 0 Å². The summed E-state index contributed by atoms with van der Waals surface area (Å²) in [5.41, 5.74) is 0.502. The first kappa shape index (κ1) is 24.1. The van der Waals surface area contributed by atoms with Crippen molar-refractivity contribution in [2.75, 3.05) is 32.8 Å². The van der Waals surface area contributed by atoms with Gasteiger partial charge in [-0.15, -0.1) is 24.8 Å². The first-order valence-electron chi connectivity index (χ1n) is 7.88. The van der Waals surface area contributed by atoms with Crippen molar-refractivity contribution in [1.82, 2.24) is 10.2 Å². The molecular formula is C16H25Cl2F3N2O2. The van der Waals surface area contributed by atoms with Crippen LogP contribution in [0.1, 0.15) is 31.4 Å². The number of phenolic OH excluding ortho intramolecular Hbond substituents is 1. The number of alkyl halides is 3. The number of para-hydroxylation sites is 1. The molecule has 0 amide bonds. The molecular weight excluding hydrogens is 380 g/mol. The minimum atomic E-state index is -4.21. The van der Waals surface area contributed by atoms with Crippen molar-refractivity contribution in [3.63, 3.8) is 0 Å². The Kier molecular flexibility index (Phi) is 10.6. The van der Waals surface area contributed by atoms with E-state index < -0.39 is 18.6 Å². The maximum Gasteiger partial charge on any atom is 0.389 e. The molecule has 0 saturated carbocycles. The number of hydrogen-bond donors (Lipinski definition) is 2. The Labute approximate surface area is 158 Å². The van der Waals surface area contributed by atoms with Gasteiger partial charge in [-0.25, -0.2) is 0 Å². The monoisotopic (exact) mass is 404 g/mol. The number of aromatic hydroxyl groups is 1. The zero-order valence-corrected chi connectivity index (χ0v) is 15.6. The SMILES string of the molecule is CCOc1cccc([C@@H](CCC(F)(F)F)N2CCNCC2)c1O.Cl.Cl. The Morgan fingerprint density at radius 2 is 1.88 bits per heavy atom. The normalized spacial score (nSPS) is 16.5. The predicted molar refractivity (Wildman–Crippen MR) is 96.2 cm³/mol. The topological polar surface area (TPSA) is 44.7 Å². The molecule has 0 unspecified atom stereocenters. The Bertz CT molecular complexity index is 513. The summed E-state index contributed by atoms with van der Waals surface area (Å²) in [7, 11) is 0. The average Bonchev–Trinajstić information content (AvgIpc) is 2.51. The standard InChI is InChI=1S/C16H23F3N2O2.2ClH/c1-2-23-14-5-3-4-12(15(14)22)13(6-7-16(17,18)19)21-10-8-20-9-11-21;;/h3-5,13,20,22H,2,6-11H2,1H3;2*1H/t13-;;/m1../s1. The van der Waals surface area contributed by atoms with Crippen molar-refractivity contribution in [2.45, 2.75) is 32.0 Å². The summed E-state index contributed by atoms with van der Waals surface area (Å²) >= 11 is 0. The van der Waals surface area contributed by atoms with Gasteiger partial charge in [0.2, 0.25) is 0 Å². The van der Waals surface area contributed by atoms with Gasteiger partial charge >= 0.3 is 6.18 Å². The molecule has 9 heteroatoms. The molecule has 1 aromatic carbocycles. The van der Waals surface area contributed by atoms with Gasteiger partial charge in [0, 0.05) is 44.2 Å². The number of ether oxygens (including phenoxy) is 1. The lowest BCUT2D eigenvalue weighted by Crippen LogP contribution is -2.45. The van der Waals surface area contributed by atoms with Crippen LogP contribution in [-0.2, 0) is 0 Å². The summed E-state index contributed by atoms with van der Waals surface area (Å²) in [6, 6.07) is 4.55. The van der Waals surface area contributed by atoms with E-state index in [1.807, 2.05) is 4.90 Å². The fourth-order valence-corrected chi connectivity index (χ4v) is 2.91. The van der Waals surface area contributed by atoms with Crippen molar-refractivity contribution in [1.29, 1.82) is 0 Å². The average molecular weight is 405 g/mol. The van der Waals surface area contributed by atoms with Gasteiger partial charge in [0.05, 0.1) is 6.61 Å². The van der Waals surface area contributed by atoms with E-state index in [-0.39, 0.29) is 37.0 Å². The third-order valence-electron chi connectivity index (χ3n) is 3.98. The van der Waals surface area contributed by atoms with Crippen LogP contribution in [-0.4, -0.2) is 49.0 Å². The lowest BCUT2D eigenvalue weighted by molar-refractivity contribution is -0.138. The van der Waals surface area contributed by atoms with Gasteiger partial charge in [0.25, 0.3) is 0 Å². The van der Waals surface area contributed by atoms with Crippen LogP contribution in [0.2, 0.25) is 0 Å². The van der Waals surface area contributed by atoms with Gasteiger partial charge < -0.3 is 15.2 Å². The van der Waals surface area contributed by atoms with E-state index in [0.717, 1.165) is 13.1 Å². The second kappa shape index (κ2) is 11.0. The van der Waals surface area contributed by atoms with Gasteiger partial charge in [-0.1, -0.05) is 12.1 Å². The van der Waals surface area contributed by atoms with Gasteiger partial charge in [-0.2, -0.15) is 13.2 Å². The third-order valence-corrected chi connectivity index (χ3v) is 3.98. The number of halogens is 5. The number of nitrogens with zero attached hydrogens (tertiary/aromatic N) is 1. The van der Waals surface area contributed by atoms with Crippen molar-refractivity contribution >= 4 is 24.8 Å². The number of benzene rings is 1. The summed E-state index contributed by atoms with van der Waals surface area (Å²) in [6.45, 7) is 4.95. The fraction of sp³-hybridized carbons (Fsp3) is 0.625. The van der Waals surface area contributed by atoms with Crippen LogP contribution < -0.4 is 10.1 Å². The number of phenols is 1. The smallest absolute Gasteiger partial charge is 0.389 e. The van der Waals surface area contributed by atoms with Crippen LogP contribution >= 0.6 is 24.8 Å². The Morgan fingerprint density at radius 1 is 1.24 bits per heavy atom. The van der Waals surface area contributed by atoms with Crippen molar-refractivity contribution in [3.05, 3.63) is 23.8 Å². The lowest BCUT2D eigenvalue weighted by Gasteiger charge is -2.36. The fourth-order valence-electron chi connectivity index (χ4n) is 2.91. The molecule has 1 heterocycles. The molecule has 0 aromatic heterocycles. The maximum atomic E-state index is 12.7. The van der Waals surface area contributed by atoms with Crippen molar-refractivity contribution in [3.8, 4) is 11.5 Å². The molecule has 2 rings (SSSR count). The second-order valence-corrected chi connectivity index (χ2v) is 5.58. The van der Waals surface area contributed by atoms with E-state index in [9.17, 15) is 18.3 Å². The molecule has 1 aromatic rings. The van der Waals surface area contributed by atoms with E-state index in [4.69, 9.17) is 4.74 Å². The first-order valence-corrected chi connectivity index (χ1v) is 7.88. The van der Waals surface area contributed by atoms with E-state index in [2.05, 4.69) is 5.32 Å². The van der Waals surface area contributed by atoms with Crippen LogP contribution in [0.3, 0.4) is 0 Å². The summed E-state index contributed by atoms with van der Waals surface area (Å²) in [5.74, 6) is 0.261. The quantitative estimate of drug-likeness (QED) is 0.753. The van der Waals surface area contributed by atoms with Crippen molar-refractivity contribution < 1.29 is 23.0 Å². The molecule has 4 nitrogen and oxygen atoms in total. The zero-order chi connectivity index (χ0) is 16.9. The Hall–Kier alpha value is -0.890. The number of rotatable bonds is 6. The molecule has 1 atom stereocenters. The summed E-state index contributed by atoms with van der Waals surface area (Å²) in [5, 5.41) is 13.6. The number of hydrogen-bond acceptors (Lipinski definition) is 4. The summed E-state index contributed by atoms with van der Waals surface area (Å²) in [4.78, 5) is 1.99. The minimum Gasteiger partial charge on any atom is -0.504 e. The lowest BCUT2D eigenvalue weighted by atomic mass is 9.98. The first-order chi connectivity index (χ1) is 10.9. The van der Waals surface area contributed by atoms with Crippen molar-refractivity contribution in [2.24, 2.45) is 0 Å². The summed E-state index contributed by atoms with van der Waals surface area (Å²) in [6.07, 6.45) is -5.16. The number of piperazine rings is 1. The molecule has 1 fully saturated rings. The van der Waals surface area contributed by atoms with Gasteiger partial charge in [-0.3, -0.25) is 4.90 Å². The Balaban J connectivity index is 0.00000288. The van der Waals surface area contributed by atoms with E-state index >= 15 is 0 Å². The summed E-state index contributed by atoms with van der Waals surface area (Å²) < 4.78 is 43.4. The van der Waals surface area contributed by atoms with E-state index in [0.29, 0.717) is 31.0 Å². The second-order valence-electron chi connectivity index (χ2n) is 5.58. The number of nitrogens with one attached hydrogen (secondary N) is 1. The van der Waals surface area contributed by atoms with Gasteiger partial charge in [-0.05, 0) is 19.4 Å².